The minimum Gasteiger partial charge on any atom is -0.481 e. The van der Waals surface area contributed by atoms with Gasteiger partial charge in [0.1, 0.15) is 0 Å². The van der Waals surface area contributed by atoms with Gasteiger partial charge in [-0.05, 0) is 30.5 Å². The maximum atomic E-state index is 12.4. The first-order valence-electron chi connectivity index (χ1n) is 7.16. The molecule has 0 aliphatic carbocycles. The Morgan fingerprint density at radius 2 is 1.48 bits per heavy atom. The van der Waals surface area contributed by atoms with Crippen LogP contribution in [-0.2, 0) is 11.2 Å². The number of hydrogen-bond donors (Lipinski definition) is 2. The highest BCUT2D eigenvalue weighted by molar-refractivity contribution is 6.09. The average molecular weight is 312 g/mol. The largest absolute Gasteiger partial charge is 0.481 e. The fourth-order valence-electron chi connectivity index (χ4n) is 2.23. The minimum atomic E-state index is -1.08. The third-order valence-corrected chi connectivity index (χ3v) is 3.44. The van der Waals surface area contributed by atoms with Gasteiger partial charge in [-0.15, -0.1) is 0 Å². The normalized spacial score (nSPS) is 10.3. The third-order valence-electron chi connectivity index (χ3n) is 3.44. The number of carbonyl (C=O) groups is 3. The van der Waals surface area contributed by atoms with Crippen LogP contribution in [0.5, 0.6) is 0 Å². The summed E-state index contributed by atoms with van der Waals surface area (Å²) in [6, 6.07) is 12.8. The maximum Gasteiger partial charge on any atom is 0.335 e. The molecule has 0 aliphatic heterocycles. The predicted molar refractivity (Wildman–Crippen MR) is 83.8 cm³/mol. The second-order valence-electron chi connectivity index (χ2n) is 5.16. The molecule has 0 aliphatic rings. The van der Waals surface area contributed by atoms with Gasteiger partial charge in [0.05, 0.1) is 5.56 Å². The zero-order chi connectivity index (χ0) is 16.8. The number of carboxylic acids is 2. The monoisotopic (exact) mass is 312 g/mol. The Morgan fingerprint density at radius 1 is 0.826 bits per heavy atom. The number of benzene rings is 2. The van der Waals surface area contributed by atoms with Crippen LogP contribution in [0.3, 0.4) is 0 Å². The first-order valence-corrected chi connectivity index (χ1v) is 7.16. The maximum absolute atomic E-state index is 12.4. The molecule has 0 saturated carbocycles. The van der Waals surface area contributed by atoms with Gasteiger partial charge in [-0.25, -0.2) is 4.79 Å². The van der Waals surface area contributed by atoms with Crippen LogP contribution in [0.15, 0.2) is 48.5 Å². The van der Waals surface area contributed by atoms with Gasteiger partial charge in [0.2, 0.25) is 0 Å². The van der Waals surface area contributed by atoms with Crippen molar-refractivity contribution in [2.75, 3.05) is 0 Å². The number of aryl methyl sites for hydroxylation is 1. The first-order chi connectivity index (χ1) is 11.0. The van der Waals surface area contributed by atoms with Gasteiger partial charge in [-0.1, -0.05) is 36.4 Å². The predicted octanol–water partition coefficient (Wildman–Crippen LogP) is 3.02. The van der Waals surface area contributed by atoms with Crippen molar-refractivity contribution in [3.05, 3.63) is 70.8 Å². The molecule has 0 radical (unpaired) electrons. The van der Waals surface area contributed by atoms with Gasteiger partial charge in [0.25, 0.3) is 0 Å². The topological polar surface area (TPSA) is 91.7 Å². The van der Waals surface area contributed by atoms with Crippen molar-refractivity contribution < 1.29 is 24.6 Å². The van der Waals surface area contributed by atoms with Crippen LogP contribution in [0.25, 0.3) is 0 Å². The van der Waals surface area contributed by atoms with Gasteiger partial charge >= 0.3 is 11.9 Å². The molecule has 118 valence electrons. The van der Waals surface area contributed by atoms with Crippen molar-refractivity contribution in [3.63, 3.8) is 0 Å². The smallest absolute Gasteiger partial charge is 0.335 e. The molecule has 23 heavy (non-hydrogen) atoms. The molecule has 0 bridgehead atoms. The second-order valence-corrected chi connectivity index (χ2v) is 5.16. The molecule has 0 heterocycles. The Morgan fingerprint density at radius 3 is 2.09 bits per heavy atom. The van der Waals surface area contributed by atoms with Gasteiger partial charge < -0.3 is 10.2 Å². The summed E-state index contributed by atoms with van der Waals surface area (Å²) in [6.45, 7) is 0. The molecule has 0 amide bonds. The third kappa shape index (κ3) is 4.51. The van der Waals surface area contributed by atoms with Gasteiger partial charge in [0, 0.05) is 17.5 Å². The molecule has 2 aromatic carbocycles. The van der Waals surface area contributed by atoms with E-state index in [-0.39, 0.29) is 17.8 Å². The Balaban J connectivity index is 2.09. The van der Waals surface area contributed by atoms with Crippen molar-refractivity contribution in [1.82, 2.24) is 0 Å². The van der Waals surface area contributed by atoms with Crippen molar-refractivity contribution in [1.29, 1.82) is 0 Å². The lowest BCUT2D eigenvalue weighted by molar-refractivity contribution is -0.137. The summed E-state index contributed by atoms with van der Waals surface area (Å²) in [5.74, 6) is -2.14. The molecule has 0 atom stereocenters. The number of aromatic carboxylic acids is 1. The highest BCUT2D eigenvalue weighted by Gasteiger charge is 2.11. The summed E-state index contributed by atoms with van der Waals surface area (Å²) in [7, 11) is 0. The van der Waals surface area contributed by atoms with E-state index < -0.39 is 11.9 Å². The summed E-state index contributed by atoms with van der Waals surface area (Å²) in [5.41, 5.74) is 1.82. The highest BCUT2D eigenvalue weighted by Crippen LogP contribution is 2.14. The van der Waals surface area contributed by atoms with Gasteiger partial charge in [0.15, 0.2) is 5.78 Å². The van der Waals surface area contributed by atoms with E-state index in [0.29, 0.717) is 24.0 Å². The molecular formula is C18H16O5. The summed E-state index contributed by atoms with van der Waals surface area (Å²) in [5, 5.41) is 17.6. The van der Waals surface area contributed by atoms with Crippen molar-refractivity contribution >= 4 is 17.7 Å². The SMILES string of the molecule is O=C(O)CCCc1ccc(C(=O)c2cccc(C(=O)O)c2)cc1. The lowest BCUT2D eigenvalue weighted by atomic mass is 9.99. The van der Waals surface area contributed by atoms with Crippen LogP contribution in [-0.4, -0.2) is 27.9 Å². The molecule has 0 unspecified atom stereocenters. The Kier molecular flexibility index (Phi) is 5.25. The summed E-state index contributed by atoms with van der Waals surface area (Å²) >= 11 is 0. The number of ketones is 1. The van der Waals surface area contributed by atoms with Crippen LogP contribution >= 0.6 is 0 Å². The minimum absolute atomic E-state index is 0.0705. The zero-order valence-electron chi connectivity index (χ0n) is 12.4. The van der Waals surface area contributed by atoms with Crippen molar-refractivity contribution in [2.45, 2.75) is 19.3 Å². The number of carbonyl (C=O) groups excluding carboxylic acids is 1. The second kappa shape index (κ2) is 7.35. The molecule has 0 aromatic heterocycles. The lowest BCUT2D eigenvalue weighted by Gasteiger charge is -2.05. The van der Waals surface area contributed by atoms with Crippen LogP contribution in [0.2, 0.25) is 0 Å². The number of aliphatic carboxylic acids is 1. The Labute approximate surface area is 133 Å². The Bertz CT molecular complexity index is 731. The summed E-state index contributed by atoms with van der Waals surface area (Å²) < 4.78 is 0. The van der Waals surface area contributed by atoms with Gasteiger partial charge in [-0.2, -0.15) is 0 Å². The quantitative estimate of drug-likeness (QED) is 0.767. The lowest BCUT2D eigenvalue weighted by Crippen LogP contribution is -2.04. The highest BCUT2D eigenvalue weighted by atomic mass is 16.4. The van der Waals surface area contributed by atoms with Crippen molar-refractivity contribution in [3.8, 4) is 0 Å². The summed E-state index contributed by atoms with van der Waals surface area (Å²) in [6.07, 6.45) is 1.29. The first kappa shape index (κ1) is 16.4. The van der Waals surface area contributed by atoms with E-state index in [1.165, 1.54) is 18.2 Å². The average Bonchev–Trinajstić information content (AvgIpc) is 2.54. The molecule has 5 heteroatoms. The molecular weight excluding hydrogens is 296 g/mol. The number of hydrogen-bond acceptors (Lipinski definition) is 3. The van der Waals surface area contributed by atoms with Crippen LogP contribution in [0, 0.1) is 0 Å². The molecule has 0 spiro atoms. The molecule has 5 nitrogen and oxygen atoms in total. The summed E-state index contributed by atoms with van der Waals surface area (Å²) in [4.78, 5) is 33.8. The van der Waals surface area contributed by atoms with Crippen molar-refractivity contribution in [2.24, 2.45) is 0 Å². The standard InChI is InChI=1S/C18H16O5/c19-16(20)6-1-3-12-7-9-13(10-8-12)17(21)14-4-2-5-15(11-14)18(22)23/h2,4-5,7-11H,1,3,6H2,(H,19,20)(H,22,23). The number of carboxylic acid groups (broad SMARTS) is 2. The molecule has 0 fully saturated rings. The van der Waals surface area contributed by atoms with E-state index in [0.717, 1.165) is 5.56 Å². The van der Waals surface area contributed by atoms with E-state index >= 15 is 0 Å². The van der Waals surface area contributed by atoms with Crippen LogP contribution in [0.1, 0.15) is 44.7 Å². The fraction of sp³-hybridized carbons (Fsp3) is 0.167. The molecule has 2 rings (SSSR count). The van der Waals surface area contributed by atoms with E-state index in [4.69, 9.17) is 10.2 Å². The zero-order valence-corrected chi connectivity index (χ0v) is 12.4. The van der Waals surface area contributed by atoms with E-state index in [2.05, 4.69) is 0 Å². The van der Waals surface area contributed by atoms with Crippen LogP contribution in [0.4, 0.5) is 0 Å². The Hall–Kier alpha value is -2.95. The van der Waals surface area contributed by atoms with Gasteiger partial charge in [-0.3, -0.25) is 9.59 Å². The van der Waals surface area contributed by atoms with E-state index in [1.54, 1.807) is 30.3 Å². The number of rotatable bonds is 7. The van der Waals surface area contributed by atoms with E-state index in [1.807, 2.05) is 0 Å². The fourth-order valence-corrected chi connectivity index (χ4v) is 2.23. The molecule has 2 aromatic rings. The van der Waals surface area contributed by atoms with E-state index in [9.17, 15) is 14.4 Å². The molecule has 0 saturated heterocycles. The van der Waals surface area contributed by atoms with Crippen LogP contribution < -0.4 is 0 Å². The molecule has 2 N–H and O–H groups in total.